The maximum absolute atomic E-state index is 11.9. The molecular formula is C13H15N3O2. The fourth-order valence-corrected chi connectivity index (χ4v) is 2.19. The monoisotopic (exact) mass is 245 g/mol. The van der Waals surface area contributed by atoms with E-state index < -0.39 is 5.60 Å². The average Bonchev–Trinajstić information content (AvgIpc) is 2.80. The zero-order valence-electron chi connectivity index (χ0n) is 9.94. The number of rotatable bonds is 3. The maximum atomic E-state index is 11.9. The fraction of sp³-hybridized carbons (Fsp3) is 0.385. The summed E-state index contributed by atoms with van der Waals surface area (Å²) in [6.07, 6.45) is 4.18. The SMILES string of the molecule is O=C(NCC1(O)CCC1)c1ccc2nc[nH]c2c1. The number of benzene rings is 1. The van der Waals surface area contributed by atoms with E-state index in [0.29, 0.717) is 12.1 Å². The maximum Gasteiger partial charge on any atom is 0.251 e. The third-order valence-corrected chi connectivity index (χ3v) is 3.54. The Morgan fingerprint density at radius 2 is 2.33 bits per heavy atom. The minimum atomic E-state index is -0.687. The van der Waals surface area contributed by atoms with Crippen LogP contribution in [0.25, 0.3) is 11.0 Å². The second-order valence-electron chi connectivity index (χ2n) is 4.90. The minimum absolute atomic E-state index is 0.160. The van der Waals surface area contributed by atoms with E-state index in [9.17, 15) is 9.90 Å². The molecule has 3 N–H and O–H groups in total. The number of nitrogens with one attached hydrogen (secondary N) is 2. The standard InChI is InChI=1S/C13H15N3O2/c17-12(14-7-13(18)4-1-5-13)9-2-3-10-11(6-9)16-8-15-10/h2-3,6,8,18H,1,4-5,7H2,(H,14,17)(H,15,16). The van der Waals surface area contributed by atoms with Crippen LogP contribution >= 0.6 is 0 Å². The molecule has 0 atom stereocenters. The number of fused-ring (bicyclic) bond motifs is 1. The molecule has 0 unspecified atom stereocenters. The van der Waals surface area contributed by atoms with Crippen molar-refractivity contribution in [1.82, 2.24) is 15.3 Å². The lowest BCUT2D eigenvalue weighted by Gasteiger charge is -2.36. The Morgan fingerprint density at radius 1 is 1.50 bits per heavy atom. The summed E-state index contributed by atoms with van der Waals surface area (Å²) in [6, 6.07) is 5.31. The fourth-order valence-electron chi connectivity index (χ4n) is 2.19. The van der Waals surface area contributed by atoms with Crippen LogP contribution in [0, 0.1) is 0 Å². The number of aromatic nitrogens is 2. The van der Waals surface area contributed by atoms with Crippen LogP contribution in [-0.4, -0.2) is 33.1 Å². The second kappa shape index (κ2) is 4.10. The molecule has 18 heavy (non-hydrogen) atoms. The van der Waals surface area contributed by atoms with E-state index in [1.807, 2.05) is 0 Å². The Labute approximate surface area is 104 Å². The van der Waals surface area contributed by atoms with Crippen molar-refractivity contribution in [2.75, 3.05) is 6.54 Å². The van der Waals surface area contributed by atoms with Crippen molar-refractivity contribution >= 4 is 16.9 Å². The Morgan fingerprint density at radius 3 is 3.06 bits per heavy atom. The summed E-state index contributed by atoms with van der Waals surface area (Å²) in [5.41, 5.74) is 1.57. The van der Waals surface area contributed by atoms with Crippen LogP contribution in [-0.2, 0) is 0 Å². The van der Waals surface area contributed by atoms with Crippen molar-refractivity contribution in [1.29, 1.82) is 0 Å². The van der Waals surface area contributed by atoms with Crippen LogP contribution in [0.5, 0.6) is 0 Å². The molecule has 1 heterocycles. The smallest absolute Gasteiger partial charge is 0.251 e. The van der Waals surface area contributed by atoms with Crippen LogP contribution in [0.2, 0.25) is 0 Å². The van der Waals surface area contributed by atoms with Gasteiger partial charge in [0.25, 0.3) is 5.91 Å². The first-order chi connectivity index (χ1) is 8.66. The van der Waals surface area contributed by atoms with Gasteiger partial charge < -0.3 is 15.4 Å². The van der Waals surface area contributed by atoms with Gasteiger partial charge in [-0.05, 0) is 37.5 Å². The molecule has 0 saturated heterocycles. The highest BCUT2D eigenvalue weighted by Crippen LogP contribution is 2.30. The number of hydrogen-bond acceptors (Lipinski definition) is 3. The third kappa shape index (κ3) is 1.97. The van der Waals surface area contributed by atoms with Gasteiger partial charge in [-0.1, -0.05) is 0 Å². The molecule has 1 aromatic heterocycles. The van der Waals surface area contributed by atoms with Gasteiger partial charge in [0, 0.05) is 12.1 Å². The molecule has 1 aliphatic rings. The van der Waals surface area contributed by atoms with Gasteiger partial charge in [-0.15, -0.1) is 0 Å². The zero-order valence-corrected chi connectivity index (χ0v) is 9.94. The molecule has 0 bridgehead atoms. The van der Waals surface area contributed by atoms with E-state index in [1.165, 1.54) is 0 Å². The molecule has 5 heteroatoms. The molecule has 2 aromatic rings. The normalized spacial score (nSPS) is 17.4. The van der Waals surface area contributed by atoms with E-state index in [-0.39, 0.29) is 5.91 Å². The largest absolute Gasteiger partial charge is 0.388 e. The Kier molecular flexibility index (Phi) is 2.56. The van der Waals surface area contributed by atoms with Crippen LogP contribution in [0.15, 0.2) is 24.5 Å². The summed E-state index contributed by atoms with van der Waals surface area (Å²) >= 11 is 0. The van der Waals surface area contributed by atoms with E-state index in [4.69, 9.17) is 0 Å². The summed E-state index contributed by atoms with van der Waals surface area (Å²) < 4.78 is 0. The van der Waals surface area contributed by atoms with Crippen molar-refractivity contribution in [3.05, 3.63) is 30.1 Å². The molecule has 1 aromatic carbocycles. The highest BCUT2D eigenvalue weighted by molar-refractivity contribution is 5.97. The number of hydrogen-bond donors (Lipinski definition) is 3. The number of carbonyl (C=O) groups excluding carboxylic acids is 1. The van der Waals surface area contributed by atoms with Gasteiger partial charge in [-0.3, -0.25) is 4.79 Å². The summed E-state index contributed by atoms with van der Waals surface area (Å²) in [4.78, 5) is 19.0. The van der Waals surface area contributed by atoms with Gasteiger partial charge in [0.05, 0.1) is 23.0 Å². The van der Waals surface area contributed by atoms with Gasteiger partial charge in [0.15, 0.2) is 0 Å². The zero-order chi connectivity index (χ0) is 12.6. The number of nitrogens with zero attached hydrogens (tertiary/aromatic N) is 1. The van der Waals surface area contributed by atoms with E-state index >= 15 is 0 Å². The number of aliphatic hydroxyl groups is 1. The quantitative estimate of drug-likeness (QED) is 0.760. The molecule has 1 fully saturated rings. The van der Waals surface area contributed by atoms with Gasteiger partial charge >= 0.3 is 0 Å². The molecule has 3 rings (SSSR count). The molecule has 1 saturated carbocycles. The molecule has 1 amide bonds. The summed E-state index contributed by atoms with van der Waals surface area (Å²) in [7, 11) is 0. The topological polar surface area (TPSA) is 78.0 Å². The molecular weight excluding hydrogens is 230 g/mol. The van der Waals surface area contributed by atoms with Gasteiger partial charge in [0.2, 0.25) is 0 Å². The predicted octanol–water partition coefficient (Wildman–Crippen LogP) is 1.21. The first-order valence-electron chi connectivity index (χ1n) is 6.10. The third-order valence-electron chi connectivity index (χ3n) is 3.54. The molecule has 1 aliphatic carbocycles. The van der Waals surface area contributed by atoms with Gasteiger partial charge in [-0.2, -0.15) is 0 Å². The predicted molar refractivity (Wildman–Crippen MR) is 67.2 cm³/mol. The first-order valence-corrected chi connectivity index (χ1v) is 6.10. The van der Waals surface area contributed by atoms with Crippen molar-refractivity contribution in [2.24, 2.45) is 0 Å². The van der Waals surface area contributed by atoms with Gasteiger partial charge in [-0.25, -0.2) is 4.98 Å². The lowest BCUT2D eigenvalue weighted by atomic mass is 9.80. The summed E-state index contributed by atoms with van der Waals surface area (Å²) in [5.74, 6) is -0.160. The van der Waals surface area contributed by atoms with E-state index in [1.54, 1.807) is 24.5 Å². The van der Waals surface area contributed by atoms with Crippen LogP contribution in [0.4, 0.5) is 0 Å². The number of imidazole rings is 1. The minimum Gasteiger partial charge on any atom is -0.388 e. The molecule has 0 radical (unpaired) electrons. The molecule has 94 valence electrons. The summed E-state index contributed by atoms with van der Waals surface area (Å²) in [6.45, 7) is 0.326. The number of aromatic amines is 1. The highest BCUT2D eigenvalue weighted by Gasteiger charge is 2.34. The molecule has 0 aliphatic heterocycles. The van der Waals surface area contributed by atoms with Crippen molar-refractivity contribution in [3.8, 4) is 0 Å². The summed E-state index contributed by atoms with van der Waals surface area (Å²) in [5, 5.41) is 12.7. The van der Waals surface area contributed by atoms with Crippen molar-refractivity contribution in [2.45, 2.75) is 24.9 Å². The Hall–Kier alpha value is -1.88. The average molecular weight is 245 g/mol. The highest BCUT2D eigenvalue weighted by atomic mass is 16.3. The Balaban J connectivity index is 1.71. The Bertz CT molecular complexity index is 587. The second-order valence-corrected chi connectivity index (χ2v) is 4.90. The lowest BCUT2D eigenvalue weighted by molar-refractivity contribution is -0.0300. The first kappa shape index (κ1) is 11.2. The van der Waals surface area contributed by atoms with Crippen LogP contribution < -0.4 is 5.32 Å². The number of carbonyl (C=O) groups is 1. The number of H-pyrrole nitrogens is 1. The van der Waals surface area contributed by atoms with Crippen LogP contribution in [0.1, 0.15) is 29.6 Å². The van der Waals surface area contributed by atoms with Crippen LogP contribution in [0.3, 0.4) is 0 Å². The number of amides is 1. The van der Waals surface area contributed by atoms with E-state index in [2.05, 4.69) is 15.3 Å². The molecule has 0 spiro atoms. The van der Waals surface area contributed by atoms with Gasteiger partial charge in [0.1, 0.15) is 0 Å². The van der Waals surface area contributed by atoms with Crippen molar-refractivity contribution in [3.63, 3.8) is 0 Å². The lowest BCUT2D eigenvalue weighted by Crippen LogP contribution is -2.47. The van der Waals surface area contributed by atoms with E-state index in [0.717, 1.165) is 30.3 Å². The van der Waals surface area contributed by atoms with Crippen molar-refractivity contribution < 1.29 is 9.90 Å². The molecule has 5 nitrogen and oxygen atoms in total.